The molecule has 4 nitrogen and oxygen atoms in total. The molecule has 2 aliphatic rings. The van der Waals surface area contributed by atoms with Gasteiger partial charge in [0.1, 0.15) is 0 Å². The van der Waals surface area contributed by atoms with E-state index in [4.69, 9.17) is 9.47 Å². The third kappa shape index (κ3) is 4.54. The van der Waals surface area contributed by atoms with Gasteiger partial charge >= 0.3 is 0 Å². The van der Waals surface area contributed by atoms with Crippen LogP contribution >= 0.6 is 0 Å². The number of hydrogen-bond donors (Lipinski definition) is 2. The second kappa shape index (κ2) is 6.14. The first kappa shape index (κ1) is 13.3. The molecule has 1 unspecified atom stereocenters. The van der Waals surface area contributed by atoms with Crippen molar-refractivity contribution >= 4 is 0 Å². The highest BCUT2D eigenvalue weighted by molar-refractivity contribution is 4.92. The van der Waals surface area contributed by atoms with Crippen LogP contribution in [0.15, 0.2) is 0 Å². The molecule has 2 N–H and O–H groups in total. The first-order chi connectivity index (χ1) is 8.22. The molecule has 100 valence electrons. The summed E-state index contributed by atoms with van der Waals surface area (Å²) >= 11 is 0. The summed E-state index contributed by atoms with van der Waals surface area (Å²) in [5, 5.41) is 12.9. The Labute approximate surface area is 104 Å². The average molecular weight is 243 g/mol. The van der Waals surface area contributed by atoms with Gasteiger partial charge in [0.05, 0.1) is 18.8 Å². The third-order valence-electron chi connectivity index (χ3n) is 3.59. The molecule has 1 aliphatic heterocycles. The second-order valence-electron chi connectivity index (χ2n) is 5.71. The summed E-state index contributed by atoms with van der Waals surface area (Å²) in [6.45, 7) is 5.30. The molecule has 0 bridgehead atoms. The van der Waals surface area contributed by atoms with E-state index in [9.17, 15) is 5.11 Å². The van der Waals surface area contributed by atoms with E-state index in [0.717, 1.165) is 32.7 Å². The Morgan fingerprint density at radius 3 is 2.59 bits per heavy atom. The minimum absolute atomic E-state index is 0.136. The van der Waals surface area contributed by atoms with Crippen molar-refractivity contribution in [1.82, 2.24) is 5.32 Å². The van der Waals surface area contributed by atoms with Gasteiger partial charge in [-0.05, 0) is 38.5 Å². The largest absolute Gasteiger partial charge is 0.394 e. The fourth-order valence-corrected chi connectivity index (χ4v) is 2.22. The van der Waals surface area contributed by atoms with Crippen molar-refractivity contribution in [3.8, 4) is 0 Å². The van der Waals surface area contributed by atoms with E-state index in [1.54, 1.807) is 0 Å². The monoisotopic (exact) mass is 243 g/mol. The highest BCUT2D eigenvalue weighted by Gasteiger charge is 2.32. The molecule has 0 aromatic heterocycles. The Kier molecular flexibility index (Phi) is 4.79. The smallest absolute Gasteiger partial charge is 0.0668 e. The fourth-order valence-electron chi connectivity index (χ4n) is 2.22. The molecule has 0 aromatic rings. The van der Waals surface area contributed by atoms with Crippen molar-refractivity contribution in [2.75, 3.05) is 33.0 Å². The molecule has 4 heteroatoms. The minimum Gasteiger partial charge on any atom is -0.394 e. The minimum atomic E-state index is -0.271. The Bertz CT molecular complexity index is 227. The molecule has 2 fully saturated rings. The van der Waals surface area contributed by atoms with E-state index >= 15 is 0 Å². The molecule has 0 radical (unpaired) electrons. The van der Waals surface area contributed by atoms with Gasteiger partial charge < -0.3 is 19.9 Å². The normalized spacial score (nSPS) is 25.8. The summed E-state index contributed by atoms with van der Waals surface area (Å²) in [6, 6.07) is 0.596. The summed E-state index contributed by atoms with van der Waals surface area (Å²) in [6.07, 6.45) is 4.67. The number of rotatable bonds is 7. The van der Waals surface area contributed by atoms with Crippen molar-refractivity contribution in [3.05, 3.63) is 0 Å². The lowest BCUT2D eigenvalue weighted by Gasteiger charge is -2.30. The maximum Gasteiger partial charge on any atom is 0.0668 e. The Balaban J connectivity index is 1.64. The highest BCUT2D eigenvalue weighted by Crippen LogP contribution is 2.23. The van der Waals surface area contributed by atoms with Crippen LogP contribution in [0.2, 0.25) is 0 Å². The van der Waals surface area contributed by atoms with Gasteiger partial charge in [0.2, 0.25) is 0 Å². The van der Waals surface area contributed by atoms with E-state index in [0.29, 0.717) is 18.6 Å². The van der Waals surface area contributed by atoms with E-state index in [1.165, 1.54) is 12.8 Å². The van der Waals surface area contributed by atoms with Crippen LogP contribution in [0.4, 0.5) is 0 Å². The predicted molar refractivity (Wildman–Crippen MR) is 66.0 cm³/mol. The first-order valence-corrected chi connectivity index (χ1v) is 6.76. The van der Waals surface area contributed by atoms with Gasteiger partial charge in [-0.15, -0.1) is 0 Å². The van der Waals surface area contributed by atoms with Crippen LogP contribution in [0.1, 0.15) is 32.6 Å². The second-order valence-corrected chi connectivity index (χ2v) is 5.71. The highest BCUT2D eigenvalue weighted by atomic mass is 16.5. The van der Waals surface area contributed by atoms with Crippen LogP contribution in [-0.4, -0.2) is 49.7 Å². The van der Waals surface area contributed by atoms with Crippen LogP contribution in [0.5, 0.6) is 0 Å². The SMILES string of the molecule is CC(CO)(COCC1CCOCC1)NC1CC1. The average Bonchev–Trinajstić information content (AvgIpc) is 3.14. The number of aliphatic hydroxyl groups is 1. The molecule has 1 saturated carbocycles. The predicted octanol–water partition coefficient (Wildman–Crippen LogP) is 0.933. The lowest BCUT2D eigenvalue weighted by molar-refractivity contribution is -0.00594. The van der Waals surface area contributed by atoms with Crippen molar-refractivity contribution in [1.29, 1.82) is 0 Å². The molecule has 1 aliphatic carbocycles. The molecule has 17 heavy (non-hydrogen) atoms. The van der Waals surface area contributed by atoms with Crippen molar-refractivity contribution < 1.29 is 14.6 Å². The van der Waals surface area contributed by atoms with E-state index in [-0.39, 0.29) is 12.1 Å². The van der Waals surface area contributed by atoms with Crippen molar-refractivity contribution in [2.24, 2.45) is 5.92 Å². The zero-order valence-corrected chi connectivity index (χ0v) is 10.8. The molecule has 0 amide bonds. The summed E-state index contributed by atoms with van der Waals surface area (Å²) in [5.74, 6) is 0.632. The van der Waals surface area contributed by atoms with Gasteiger partial charge in [-0.1, -0.05) is 0 Å². The van der Waals surface area contributed by atoms with E-state index in [1.807, 2.05) is 6.92 Å². The van der Waals surface area contributed by atoms with Crippen LogP contribution in [0, 0.1) is 5.92 Å². The van der Waals surface area contributed by atoms with Crippen LogP contribution < -0.4 is 5.32 Å². The van der Waals surface area contributed by atoms with Gasteiger partial charge in [0.15, 0.2) is 0 Å². The molecular formula is C13H25NO3. The lowest BCUT2D eigenvalue weighted by atomic mass is 10.0. The van der Waals surface area contributed by atoms with Crippen LogP contribution in [-0.2, 0) is 9.47 Å². The molecule has 0 spiro atoms. The Morgan fingerprint density at radius 1 is 1.29 bits per heavy atom. The van der Waals surface area contributed by atoms with Gasteiger partial charge in [0, 0.05) is 25.9 Å². The number of ether oxygens (including phenoxy) is 2. The van der Waals surface area contributed by atoms with Gasteiger partial charge in [-0.3, -0.25) is 0 Å². The Morgan fingerprint density at radius 2 is 2.00 bits per heavy atom. The zero-order valence-electron chi connectivity index (χ0n) is 10.8. The molecule has 1 atom stereocenters. The van der Waals surface area contributed by atoms with E-state index in [2.05, 4.69) is 5.32 Å². The fraction of sp³-hybridized carbons (Fsp3) is 1.00. The van der Waals surface area contributed by atoms with Crippen molar-refractivity contribution in [2.45, 2.75) is 44.2 Å². The number of aliphatic hydroxyl groups excluding tert-OH is 1. The maximum absolute atomic E-state index is 9.44. The first-order valence-electron chi connectivity index (χ1n) is 6.76. The lowest BCUT2D eigenvalue weighted by Crippen LogP contribution is -2.51. The number of nitrogens with one attached hydrogen (secondary N) is 1. The molecule has 0 aromatic carbocycles. The molecular weight excluding hydrogens is 218 g/mol. The molecule has 2 rings (SSSR count). The van der Waals surface area contributed by atoms with Gasteiger partial charge in [0.25, 0.3) is 0 Å². The number of hydrogen-bond acceptors (Lipinski definition) is 4. The van der Waals surface area contributed by atoms with E-state index < -0.39 is 0 Å². The quantitative estimate of drug-likeness (QED) is 0.698. The topological polar surface area (TPSA) is 50.7 Å². The summed E-state index contributed by atoms with van der Waals surface area (Å²) in [4.78, 5) is 0. The van der Waals surface area contributed by atoms with Crippen LogP contribution in [0.3, 0.4) is 0 Å². The van der Waals surface area contributed by atoms with Crippen molar-refractivity contribution in [3.63, 3.8) is 0 Å². The third-order valence-corrected chi connectivity index (χ3v) is 3.59. The Hall–Kier alpha value is -0.160. The standard InChI is InChI=1S/C13H25NO3/c1-13(9-15,14-12-2-3-12)10-17-8-11-4-6-16-7-5-11/h11-12,14-15H,2-10H2,1H3. The summed E-state index contributed by atoms with van der Waals surface area (Å²) in [7, 11) is 0. The maximum atomic E-state index is 9.44. The zero-order chi connectivity index (χ0) is 12.1. The molecule has 1 heterocycles. The summed E-state index contributed by atoms with van der Waals surface area (Å²) in [5.41, 5.74) is -0.271. The molecule has 1 saturated heterocycles. The van der Waals surface area contributed by atoms with Gasteiger partial charge in [-0.25, -0.2) is 0 Å². The van der Waals surface area contributed by atoms with Crippen LogP contribution in [0.25, 0.3) is 0 Å². The summed E-state index contributed by atoms with van der Waals surface area (Å²) < 4.78 is 11.1. The van der Waals surface area contributed by atoms with Gasteiger partial charge in [-0.2, -0.15) is 0 Å².